The Balaban J connectivity index is 2.74. The average molecular weight is 224 g/mol. The van der Waals surface area contributed by atoms with Crippen molar-refractivity contribution in [1.29, 1.82) is 0 Å². The zero-order chi connectivity index (χ0) is 12.1. The molecule has 0 unspecified atom stereocenters. The molecule has 0 aliphatic rings. The van der Waals surface area contributed by atoms with E-state index in [1.54, 1.807) is 0 Å². The Morgan fingerprint density at radius 3 is 2.81 bits per heavy atom. The molecule has 16 heavy (non-hydrogen) atoms. The molecule has 5 heteroatoms. The van der Waals surface area contributed by atoms with Gasteiger partial charge in [-0.1, -0.05) is 5.92 Å². The van der Waals surface area contributed by atoms with Crippen molar-refractivity contribution < 1.29 is 13.6 Å². The van der Waals surface area contributed by atoms with Gasteiger partial charge in [-0.05, 0) is 12.1 Å². The van der Waals surface area contributed by atoms with E-state index in [4.69, 9.17) is 6.42 Å². The van der Waals surface area contributed by atoms with E-state index in [0.717, 1.165) is 12.1 Å². The summed E-state index contributed by atoms with van der Waals surface area (Å²) in [6.07, 6.45) is 5.02. The number of nitrogens with zero attached hydrogens (tertiary/aromatic N) is 1. The molecule has 0 fully saturated rings. The zero-order valence-electron chi connectivity index (χ0n) is 8.63. The van der Waals surface area contributed by atoms with Crippen LogP contribution in [-0.4, -0.2) is 24.5 Å². The highest BCUT2D eigenvalue weighted by atomic mass is 19.1. The maximum absolute atomic E-state index is 13.1. The molecule has 2 amide bonds. The summed E-state index contributed by atoms with van der Waals surface area (Å²) < 4.78 is 25.7. The Kier molecular flexibility index (Phi) is 3.84. The van der Waals surface area contributed by atoms with Crippen LogP contribution in [0.3, 0.4) is 0 Å². The van der Waals surface area contributed by atoms with Gasteiger partial charge in [0.1, 0.15) is 11.6 Å². The summed E-state index contributed by atoms with van der Waals surface area (Å²) >= 11 is 0. The molecule has 0 saturated heterocycles. The van der Waals surface area contributed by atoms with Crippen LogP contribution in [0.2, 0.25) is 0 Å². The maximum Gasteiger partial charge on any atom is 0.322 e. The van der Waals surface area contributed by atoms with E-state index >= 15 is 0 Å². The van der Waals surface area contributed by atoms with Crippen LogP contribution in [-0.2, 0) is 0 Å². The van der Waals surface area contributed by atoms with E-state index in [1.807, 2.05) is 0 Å². The Morgan fingerprint density at radius 1 is 1.56 bits per heavy atom. The lowest BCUT2D eigenvalue weighted by atomic mass is 10.3. The second-order valence-corrected chi connectivity index (χ2v) is 3.11. The molecule has 0 radical (unpaired) electrons. The molecular weight excluding hydrogens is 214 g/mol. The Labute approximate surface area is 92.1 Å². The number of hydrogen-bond donors (Lipinski definition) is 1. The van der Waals surface area contributed by atoms with Crippen LogP contribution < -0.4 is 5.32 Å². The zero-order valence-corrected chi connectivity index (χ0v) is 8.63. The topological polar surface area (TPSA) is 32.3 Å². The van der Waals surface area contributed by atoms with Crippen LogP contribution in [0.15, 0.2) is 18.2 Å². The number of carbonyl (C=O) groups excluding carboxylic acids is 1. The van der Waals surface area contributed by atoms with E-state index in [0.29, 0.717) is 6.07 Å². The van der Waals surface area contributed by atoms with Crippen LogP contribution >= 0.6 is 0 Å². The lowest BCUT2D eigenvalue weighted by Crippen LogP contribution is -2.31. The van der Waals surface area contributed by atoms with Gasteiger partial charge < -0.3 is 10.2 Å². The van der Waals surface area contributed by atoms with Gasteiger partial charge >= 0.3 is 6.03 Å². The second-order valence-electron chi connectivity index (χ2n) is 3.11. The minimum atomic E-state index is -0.831. The SMILES string of the molecule is C#CCN(C)C(=O)Nc1ccc(F)cc1F. The lowest BCUT2D eigenvalue weighted by Gasteiger charge is -2.15. The third-order valence-corrected chi connectivity index (χ3v) is 1.85. The van der Waals surface area contributed by atoms with E-state index in [-0.39, 0.29) is 12.2 Å². The van der Waals surface area contributed by atoms with Crippen LogP contribution in [0.1, 0.15) is 0 Å². The fourth-order valence-electron chi connectivity index (χ4n) is 1.01. The highest BCUT2D eigenvalue weighted by Crippen LogP contribution is 2.15. The third kappa shape index (κ3) is 2.95. The first-order valence-corrected chi connectivity index (χ1v) is 4.45. The van der Waals surface area contributed by atoms with Gasteiger partial charge in [0.25, 0.3) is 0 Å². The molecular formula is C11H10F2N2O. The van der Waals surface area contributed by atoms with E-state index in [1.165, 1.54) is 11.9 Å². The van der Waals surface area contributed by atoms with E-state index in [9.17, 15) is 13.6 Å². The summed E-state index contributed by atoms with van der Waals surface area (Å²) in [4.78, 5) is 12.6. The highest BCUT2D eigenvalue weighted by Gasteiger charge is 2.10. The van der Waals surface area contributed by atoms with Crippen molar-refractivity contribution in [3.8, 4) is 12.3 Å². The molecule has 0 aromatic heterocycles. The normalized spacial score (nSPS) is 9.38. The predicted molar refractivity (Wildman–Crippen MR) is 56.8 cm³/mol. The van der Waals surface area contributed by atoms with Gasteiger partial charge in [0.05, 0.1) is 12.2 Å². The van der Waals surface area contributed by atoms with Crippen LogP contribution in [0, 0.1) is 24.0 Å². The minimum absolute atomic E-state index is 0.0877. The summed E-state index contributed by atoms with van der Waals surface area (Å²) in [5, 5.41) is 2.27. The number of rotatable bonds is 2. The quantitative estimate of drug-likeness (QED) is 0.766. The number of terminal acetylenes is 1. The molecule has 0 atom stereocenters. The summed E-state index contributed by atoms with van der Waals surface area (Å²) in [6.45, 7) is 0.106. The van der Waals surface area contributed by atoms with Crippen molar-refractivity contribution in [2.45, 2.75) is 0 Å². The molecule has 84 valence electrons. The number of carbonyl (C=O) groups is 1. The monoisotopic (exact) mass is 224 g/mol. The van der Waals surface area contributed by atoms with Crippen molar-refractivity contribution in [2.24, 2.45) is 0 Å². The molecule has 0 saturated carbocycles. The molecule has 1 rings (SSSR count). The van der Waals surface area contributed by atoms with Gasteiger partial charge in [0.2, 0.25) is 0 Å². The van der Waals surface area contributed by atoms with Crippen molar-refractivity contribution in [3.63, 3.8) is 0 Å². The largest absolute Gasteiger partial charge is 0.322 e. The van der Waals surface area contributed by atoms with Crippen molar-refractivity contribution in [3.05, 3.63) is 29.8 Å². The van der Waals surface area contributed by atoms with Gasteiger partial charge in [-0.15, -0.1) is 6.42 Å². The molecule has 1 aromatic rings. The van der Waals surface area contributed by atoms with Gasteiger partial charge in [-0.25, -0.2) is 13.6 Å². The van der Waals surface area contributed by atoms with Crippen molar-refractivity contribution >= 4 is 11.7 Å². The van der Waals surface area contributed by atoms with Crippen LogP contribution in [0.5, 0.6) is 0 Å². The molecule has 0 aliphatic heterocycles. The molecule has 0 bridgehead atoms. The number of anilines is 1. The Morgan fingerprint density at radius 2 is 2.25 bits per heavy atom. The number of hydrogen-bond acceptors (Lipinski definition) is 1. The Hall–Kier alpha value is -2.09. The summed E-state index contributed by atoms with van der Waals surface area (Å²) in [5.41, 5.74) is -0.0877. The predicted octanol–water partition coefficient (Wildman–Crippen LogP) is 2.06. The highest BCUT2D eigenvalue weighted by molar-refractivity contribution is 5.89. The van der Waals surface area contributed by atoms with Crippen LogP contribution in [0.25, 0.3) is 0 Å². The van der Waals surface area contributed by atoms with Crippen molar-refractivity contribution in [1.82, 2.24) is 4.90 Å². The Bertz CT molecular complexity index is 440. The van der Waals surface area contributed by atoms with Crippen LogP contribution in [0.4, 0.5) is 19.3 Å². The first-order chi connectivity index (χ1) is 7.54. The first-order valence-electron chi connectivity index (χ1n) is 4.45. The summed E-state index contributed by atoms with van der Waals surface area (Å²) in [6, 6.07) is 2.34. The lowest BCUT2D eigenvalue weighted by molar-refractivity contribution is 0.227. The average Bonchev–Trinajstić information content (AvgIpc) is 2.22. The minimum Gasteiger partial charge on any atom is -0.316 e. The number of nitrogens with one attached hydrogen (secondary N) is 1. The first kappa shape index (κ1) is 12.0. The molecule has 1 aromatic carbocycles. The molecule has 3 nitrogen and oxygen atoms in total. The van der Waals surface area contributed by atoms with Gasteiger partial charge in [-0.2, -0.15) is 0 Å². The summed E-state index contributed by atoms with van der Waals surface area (Å²) in [5.74, 6) is 0.737. The van der Waals surface area contributed by atoms with E-state index < -0.39 is 17.7 Å². The van der Waals surface area contributed by atoms with E-state index in [2.05, 4.69) is 11.2 Å². The molecule has 0 aliphatic carbocycles. The molecule has 0 spiro atoms. The number of halogens is 2. The summed E-state index contributed by atoms with van der Waals surface area (Å²) in [7, 11) is 1.47. The fraction of sp³-hybridized carbons (Fsp3) is 0.182. The maximum atomic E-state index is 13.1. The van der Waals surface area contributed by atoms with Gasteiger partial charge in [-0.3, -0.25) is 0 Å². The number of benzene rings is 1. The smallest absolute Gasteiger partial charge is 0.316 e. The molecule has 1 N–H and O–H groups in total. The number of urea groups is 1. The van der Waals surface area contributed by atoms with Gasteiger partial charge in [0.15, 0.2) is 0 Å². The fourth-order valence-corrected chi connectivity index (χ4v) is 1.01. The number of amides is 2. The van der Waals surface area contributed by atoms with Gasteiger partial charge in [0, 0.05) is 13.1 Å². The third-order valence-electron chi connectivity index (χ3n) is 1.85. The molecule has 0 heterocycles. The second kappa shape index (κ2) is 5.12. The van der Waals surface area contributed by atoms with Crippen molar-refractivity contribution in [2.75, 3.05) is 18.9 Å². The standard InChI is InChI=1S/C11H10F2N2O/c1-3-6-15(2)11(16)14-10-5-4-8(12)7-9(10)13/h1,4-5,7H,6H2,2H3,(H,14,16).